The highest BCUT2D eigenvalue weighted by molar-refractivity contribution is 5.94. The first kappa shape index (κ1) is 14.4. The Morgan fingerprint density at radius 3 is 2.80 bits per heavy atom. The molecule has 1 fully saturated rings. The van der Waals surface area contributed by atoms with E-state index >= 15 is 0 Å². The number of benzene rings is 1. The summed E-state index contributed by atoms with van der Waals surface area (Å²) in [6, 6.07) is 3.48. The number of carbonyl (C=O) groups excluding carboxylic acids is 2. The molecule has 1 aromatic carbocycles. The van der Waals surface area contributed by atoms with Gasteiger partial charge in [-0.2, -0.15) is 0 Å². The Kier molecular flexibility index (Phi) is 4.32. The lowest BCUT2D eigenvalue weighted by Gasteiger charge is -2.31. The standard InChI is InChI=1S/C14H15F2NO3/c1-20-14(19)9-4-3-7-17(8-9)13(18)10-5-2-6-11(15)12(10)16/h2,5-6,9H,3-4,7-8H2,1H3/t9-/m0/s1. The minimum Gasteiger partial charge on any atom is -0.469 e. The topological polar surface area (TPSA) is 46.6 Å². The van der Waals surface area contributed by atoms with Crippen LogP contribution in [0.15, 0.2) is 18.2 Å². The maximum absolute atomic E-state index is 13.6. The first-order chi connectivity index (χ1) is 9.54. The molecule has 0 aromatic heterocycles. The number of methoxy groups -OCH3 is 1. The van der Waals surface area contributed by atoms with E-state index in [-0.39, 0.29) is 18.1 Å². The van der Waals surface area contributed by atoms with Gasteiger partial charge in [-0.1, -0.05) is 6.07 Å². The number of hydrogen-bond acceptors (Lipinski definition) is 3. The van der Waals surface area contributed by atoms with Crippen LogP contribution in [0.1, 0.15) is 23.2 Å². The molecule has 0 saturated carbocycles. The normalized spacial score (nSPS) is 18.8. The first-order valence-corrected chi connectivity index (χ1v) is 6.35. The number of likely N-dealkylation sites (tertiary alicyclic amines) is 1. The van der Waals surface area contributed by atoms with Crippen molar-refractivity contribution in [2.24, 2.45) is 5.92 Å². The number of carbonyl (C=O) groups is 2. The van der Waals surface area contributed by atoms with Crippen molar-refractivity contribution in [2.75, 3.05) is 20.2 Å². The molecule has 4 nitrogen and oxygen atoms in total. The fourth-order valence-corrected chi connectivity index (χ4v) is 2.36. The molecule has 1 amide bonds. The molecule has 108 valence electrons. The fourth-order valence-electron chi connectivity index (χ4n) is 2.36. The third-order valence-corrected chi connectivity index (χ3v) is 3.43. The highest BCUT2D eigenvalue weighted by Crippen LogP contribution is 2.21. The summed E-state index contributed by atoms with van der Waals surface area (Å²) in [5, 5.41) is 0. The Morgan fingerprint density at radius 1 is 1.35 bits per heavy atom. The maximum Gasteiger partial charge on any atom is 0.310 e. The number of piperidine rings is 1. The van der Waals surface area contributed by atoms with Gasteiger partial charge in [0.1, 0.15) is 0 Å². The molecule has 1 aliphatic heterocycles. The summed E-state index contributed by atoms with van der Waals surface area (Å²) >= 11 is 0. The number of amides is 1. The lowest BCUT2D eigenvalue weighted by Crippen LogP contribution is -2.43. The average molecular weight is 283 g/mol. The lowest BCUT2D eigenvalue weighted by molar-refractivity contribution is -0.146. The fraction of sp³-hybridized carbons (Fsp3) is 0.429. The van der Waals surface area contributed by atoms with Crippen LogP contribution in [-0.4, -0.2) is 37.0 Å². The van der Waals surface area contributed by atoms with Crippen LogP contribution in [0.2, 0.25) is 0 Å². The Hall–Kier alpha value is -1.98. The second-order valence-electron chi connectivity index (χ2n) is 4.71. The molecule has 6 heteroatoms. The quantitative estimate of drug-likeness (QED) is 0.780. The minimum absolute atomic E-state index is 0.168. The molecule has 1 heterocycles. The largest absolute Gasteiger partial charge is 0.469 e. The van der Waals surface area contributed by atoms with Crippen molar-refractivity contribution in [3.8, 4) is 0 Å². The zero-order valence-corrected chi connectivity index (χ0v) is 11.1. The molecular weight excluding hydrogens is 268 g/mol. The molecular formula is C14H15F2NO3. The Bertz CT molecular complexity index is 533. The summed E-state index contributed by atoms with van der Waals surface area (Å²) in [4.78, 5) is 25.1. The Balaban J connectivity index is 2.16. The number of rotatable bonds is 2. The van der Waals surface area contributed by atoms with Gasteiger partial charge in [0.2, 0.25) is 0 Å². The summed E-state index contributed by atoms with van der Waals surface area (Å²) in [6.07, 6.45) is 1.25. The summed E-state index contributed by atoms with van der Waals surface area (Å²) in [5.41, 5.74) is -0.310. The molecule has 1 aliphatic rings. The van der Waals surface area contributed by atoms with E-state index in [4.69, 9.17) is 0 Å². The van der Waals surface area contributed by atoms with Crippen LogP contribution in [0.25, 0.3) is 0 Å². The van der Waals surface area contributed by atoms with Gasteiger partial charge in [0, 0.05) is 13.1 Å². The maximum atomic E-state index is 13.6. The van der Waals surface area contributed by atoms with E-state index in [2.05, 4.69) is 4.74 Å². The highest BCUT2D eigenvalue weighted by Gasteiger charge is 2.30. The van der Waals surface area contributed by atoms with Crippen molar-refractivity contribution in [2.45, 2.75) is 12.8 Å². The van der Waals surface area contributed by atoms with E-state index in [1.807, 2.05) is 0 Å². The number of ether oxygens (including phenoxy) is 1. The monoisotopic (exact) mass is 283 g/mol. The van der Waals surface area contributed by atoms with Crippen molar-refractivity contribution in [3.63, 3.8) is 0 Å². The summed E-state index contributed by atoms with van der Waals surface area (Å²) in [6.45, 7) is 0.587. The molecule has 0 spiro atoms. The van der Waals surface area contributed by atoms with E-state index in [1.54, 1.807) is 0 Å². The number of hydrogen-bond donors (Lipinski definition) is 0. The second-order valence-corrected chi connectivity index (χ2v) is 4.71. The summed E-state index contributed by atoms with van der Waals surface area (Å²) in [5.74, 6) is -3.61. The molecule has 0 N–H and O–H groups in total. The van der Waals surface area contributed by atoms with Crippen molar-refractivity contribution < 1.29 is 23.1 Å². The molecule has 2 rings (SSSR count). The SMILES string of the molecule is COC(=O)[C@H]1CCCN(C(=O)c2cccc(F)c2F)C1. The van der Waals surface area contributed by atoms with Gasteiger partial charge in [-0.15, -0.1) is 0 Å². The molecule has 1 saturated heterocycles. The number of halogens is 2. The third kappa shape index (κ3) is 2.79. The van der Waals surface area contributed by atoms with Gasteiger partial charge < -0.3 is 9.64 Å². The summed E-state index contributed by atoms with van der Waals surface area (Å²) in [7, 11) is 1.29. The third-order valence-electron chi connectivity index (χ3n) is 3.43. The molecule has 0 bridgehead atoms. The van der Waals surface area contributed by atoms with Gasteiger partial charge in [0.05, 0.1) is 18.6 Å². The van der Waals surface area contributed by atoms with Crippen molar-refractivity contribution >= 4 is 11.9 Å². The molecule has 1 aromatic rings. The predicted octanol–water partition coefficient (Wildman–Crippen LogP) is 1.99. The van der Waals surface area contributed by atoms with E-state index in [0.717, 1.165) is 6.07 Å². The van der Waals surface area contributed by atoms with Crippen LogP contribution >= 0.6 is 0 Å². The van der Waals surface area contributed by atoms with Crippen LogP contribution in [0.3, 0.4) is 0 Å². The molecule has 1 atom stereocenters. The number of esters is 1. The predicted molar refractivity (Wildman–Crippen MR) is 67.0 cm³/mol. The molecule has 0 unspecified atom stereocenters. The van der Waals surface area contributed by atoms with Crippen molar-refractivity contribution in [1.82, 2.24) is 4.90 Å². The van der Waals surface area contributed by atoms with Crippen LogP contribution in [0, 0.1) is 17.6 Å². The van der Waals surface area contributed by atoms with E-state index in [0.29, 0.717) is 19.4 Å². The average Bonchev–Trinajstić information content (AvgIpc) is 2.48. The zero-order chi connectivity index (χ0) is 14.7. The highest BCUT2D eigenvalue weighted by atomic mass is 19.2. The van der Waals surface area contributed by atoms with E-state index in [1.165, 1.54) is 24.1 Å². The number of nitrogens with zero attached hydrogens (tertiary/aromatic N) is 1. The second kappa shape index (κ2) is 5.98. The van der Waals surface area contributed by atoms with Gasteiger partial charge in [-0.3, -0.25) is 9.59 Å². The van der Waals surface area contributed by atoms with Crippen LogP contribution < -0.4 is 0 Å². The van der Waals surface area contributed by atoms with Gasteiger partial charge >= 0.3 is 5.97 Å². The van der Waals surface area contributed by atoms with Crippen molar-refractivity contribution in [1.29, 1.82) is 0 Å². The Labute approximate surface area is 115 Å². The minimum atomic E-state index is -1.15. The van der Waals surface area contributed by atoms with Crippen LogP contribution in [0.4, 0.5) is 8.78 Å². The van der Waals surface area contributed by atoms with Crippen molar-refractivity contribution in [3.05, 3.63) is 35.4 Å². The first-order valence-electron chi connectivity index (χ1n) is 6.35. The summed E-state index contributed by atoms with van der Waals surface area (Å²) < 4.78 is 31.4. The van der Waals surface area contributed by atoms with E-state index < -0.39 is 23.5 Å². The Morgan fingerprint density at radius 2 is 2.10 bits per heavy atom. The lowest BCUT2D eigenvalue weighted by atomic mass is 9.97. The molecule has 20 heavy (non-hydrogen) atoms. The molecule has 0 radical (unpaired) electrons. The van der Waals surface area contributed by atoms with Gasteiger partial charge in [0.25, 0.3) is 5.91 Å². The van der Waals surface area contributed by atoms with Crippen LogP contribution in [0.5, 0.6) is 0 Å². The smallest absolute Gasteiger partial charge is 0.310 e. The van der Waals surface area contributed by atoms with Gasteiger partial charge in [0.15, 0.2) is 11.6 Å². The molecule has 0 aliphatic carbocycles. The van der Waals surface area contributed by atoms with Gasteiger partial charge in [-0.25, -0.2) is 8.78 Å². The van der Waals surface area contributed by atoms with Crippen LogP contribution in [-0.2, 0) is 9.53 Å². The van der Waals surface area contributed by atoms with E-state index in [9.17, 15) is 18.4 Å². The zero-order valence-electron chi connectivity index (χ0n) is 11.1. The van der Waals surface area contributed by atoms with Gasteiger partial charge in [-0.05, 0) is 25.0 Å².